The first-order valence-corrected chi connectivity index (χ1v) is 10.1. The molecule has 0 saturated heterocycles. The highest BCUT2D eigenvalue weighted by Gasteiger charge is 2.11. The summed E-state index contributed by atoms with van der Waals surface area (Å²) in [6.07, 6.45) is 1.61. The zero-order chi connectivity index (χ0) is 20.6. The minimum absolute atomic E-state index is 0.117. The fraction of sp³-hybridized carbons (Fsp3) is 0.158. The predicted octanol–water partition coefficient (Wildman–Crippen LogP) is 2.81. The maximum atomic E-state index is 12.0. The minimum atomic E-state index is -0.117. The fourth-order valence-corrected chi connectivity index (χ4v) is 3.07. The van der Waals surface area contributed by atoms with Crippen molar-refractivity contribution in [1.29, 1.82) is 0 Å². The van der Waals surface area contributed by atoms with Crippen LogP contribution in [0.1, 0.15) is 16.7 Å². The lowest BCUT2D eigenvalue weighted by Crippen LogP contribution is -2.25. The Kier molecular flexibility index (Phi) is 7.09. The van der Waals surface area contributed by atoms with Crippen LogP contribution in [0, 0.1) is 6.92 Å². The highest BCUT2D eigenvalue weighted by atomic mass is 35.5. The van der Waals surface area contributed by atoms with Crippen molar-refractivity contribution in [2.24, 2.45) is 5.10 Å². The van der Waals surface area contributed by atoms with Gasteiger partial charge in [0.15, 0.2) is 0 Å². The molecule has 3 aromatic rings. The van der Waals surface area contributed by atoms with Crippen LogP contribution in [0.2, 0.25) is 5.02 Å². The lowest BCUT2D eigenvalue weighted by Gasteiger charge is -2.06. The number of carbonyl (C=O) groups excluding carboxylic acids is 1. The van der Waals surface area contributed by atoms with Crippen LogP contribution >= 0.6 is 23.4 Å². The summed E-state index contributed by atoms with van der Waals surface area (Å²) in [6.45, 7) is 2.50. The molecule has 2 aromatic carbocycles. The molecule has 0 aliphatic carbocycles. The molecule has 10 heteroatoms. The number of anilines is 1. The van der Waals surface area contributed by atoms with Crippen molar-refractivity contribution >= 4 is 41.4 Å². The van der Waals surface area contributed by atoms with E-state index in [0.29, 0.717) is 16.7 Å². The summed E-state index contributed by atoms with van der Waals surface area (Å²) in [5.74, 6) is 6.27. The number of benzene rings is 2. The summed E-state index contributed by atoms with van der Waals surface area (Å²) in [5.41, 5.74) is 5.81. The second kappa shape index (κ2) is 9.94. The average Bonchev–Trinajstić information content (AvgIpc) is 3.07. The van der Waals surface area contributed by atoms with Gasteiger partial charge in [-0.1, -0.05) is 65.3 Å². The molecule has 0 atom stereocenters. The molecule has 0 spiro atoms. The maximum Gasteiger partial charge on any atom is 0.264 e. The van der Waals surface area contributed by atoms with Crippen LogP contribution in [-0.4, -0.2) is 32.7 Å². The molecule has 0 unspecified atom stereocenters. The second-order valence-electron chi connectivity index (χ2n) is 6.15. The van der Waals surface area contributed by atoms with Gasteiger partial charge in [0.1, 0.15) is 0 Å². The van der Waals surface area contributed by atoms with E-state index in [1.807, 2.05) is 43.3 Å². The monoisotopic (exact) mass is 429 g/mol. The molecule has 29 heavy (non-hydrogen) atoms. The van der Waals surface area contributed by atoms with Gasteiger partial charge in [-0.3, -0.25) is 4.79 Å². The zero-order valence-corrected chi connectivity index (χ0v) is 17.2. The van der Waals surface area contributed by atoms with E-state index in [4.69, 9.17) is 17.4 Å². The van der Waals surface area contributed by atoms with Crippen LogP contribution in [-0.2, 0) is 11.3 Å². The van der Waals surface area contributed by atoms with E-state index in [-0.39, 0.29) is 17.6 Å². The molecule has 0 bridgehead atoms. The Hall–Kier alpha value is -3.04. The van der Waals surface area contributed by atoms with Crippen molar-refractivity contribution in [2.75, 3.05) is 17.0 Å². The average molecular weight is 430 g/mol. The van der Waals surface area contributed by atoms with E-state index in [1.165, 1.54) is 22.0 Å². The number of rotatable bonds is 8. The Balaban J connectivity index is 1.46. The number of aromatic nitrogens is 3. The van der Waals surface area contributed by atoms with Crippen molar-refractivity contribution in [3.8, 4) is 0 Å². The normalized spacial score (nSPS) is 11.0. The van der Waals surface area contributed by atoms with Crippen molar-refractivity contribution in [1.82, 2.24) is 20.2 Å². The number of nitrogen functional groups attached to an aromatic ring is 1. The number of thioether (sulfide) groups is 1. The molecule has 150 valence electrons. The number of hydrazone groups is 1. The molecule has 1 aromatic heterocycles. The smallest absolute Gasteiger partial charge is 0.264 e. The number of nitrogens with zero attached hydrogens (tertiary/aromatic N) is 4. The molecule has 0 aliphatic heterocycles. The van der Waals surface area contributed by atoms with E-state index in [9.17, 15) is 4.79 Å². The second-order valence-corrected chi connectivity index (χ2v) is 7.53. The van der Waals surface area contributed by atoms with Crippen LogP contribution in [0.15, 0.2) is 58.8 Å². The highest BCUT2D eigenvalue weighted by molar-refractivity contribution is 7.99. The maximum absolute atomic E-state index is 12.0. The molecule has 1 amide bonds. The Morgan fingerprint density at radius 3 is 2.66 bits per heavy atom. The van der Waals surface area contributed by atoms with Crippen LogP contribution in [0.5, 0.6) is 0 Å². The topological polar surface area (TPSA) is 110 Å². The van der Waals surface area contributed by atoms with Crippen molar-refractivity contribution in [3.05, 3.63) is 70.2 Å². The van der Waals surface area contributed by atoms with Gasteiger partial charge in [0.05, 0.1) is 12.0 Å². The number of carbonyl (C=O) groups is 1. The van der Waals surface area contributed by atoms with Gasteiger partial charge in [-0.05, 0) is 30.2 Å². The van der Waals surface area contributed by atoms with Gasteiger partial charge in [-0.2, -0.15) is 5.10 Å². The third-order valence-corrected chi connectivity index (χ3v) is 5.05. The van der Waals surface area contributed by atoms with Gasteiger partial charge in [0.25, 0.3) is 5.95 Å². The van der Waals surface area contributed by atoms with E-state index in [1.54, 1.807) is 18.3 Å². The summed E-state index contributed by atoms with van der Waals surface area (Å²) in [6, 6.07) is 15.2. The van der Waals surface area contributed by atoms with Crippen LogP contribution in [0.3, 0.4) is 0 Å². The summed E-state index contributed by atoms with van der Waals surface area (Å²) < 4.78 is 1.25. The fourth-order valence-electron chi connectivity index (χ4n) is 2.25. The predicted molar refractivity (Wildman–Crippen MR) is 117 cm³/mol. The summed E-state index contributed by atoms with van der Waals surface area (Å²) >= 11 is 7.04. The number of hydrogen-bond acceptors (Lipinski definition) is 7. The first kappa shape index (κ1) is 20.7. The Bertz CT molecular complexity index is 987. The van der Waals surface area contributed by atoms with E-state index >= 15 is 0 Å². The molecule has 3 rings (SSSR count). The first-order valence-electron chi connectivity index (χ1n) is 8.71. The Morgan fingerprint density at radius 2 is 1.93 bits per heavy atom. The molecule has 0 saturated carbocycles. The standard InChI is InChI=1S/C19H20ClN7OS/c1-13-2-4-14(5-3-13)10-22-17(28)12-29-19-26-25-18(27(19)21)24-23-11-15-6-8-16(20)9-7-15/h2-9,11H,10,12,21H2,1H3,(H,22,28)(H,24,25)/b23-11+. The highest BCUT2D eigenvalue weighted by Crippen LogP contribution is 2.16. The SMILES string of the molecule is Cc1ccc(CNC(=O)CSc2nnc(N/N=C/c3ccc(Cl)cc3)n2N)cc1. The quantitative estimate of drug-likeness (QED) is 0.220. The van der Waals surface area contributed by atoms with Crippen LogP contribution in [0.4, 0.5) is 5.95 Å². The van der Waals surface area contributed by atoms with Gasteiger partial charge >= 0.3 is 0 Å². The van der Waals surface area contributed by atoms with E-state index in [2.05, 4.69) is 26.0 Å². The first-order chi connectivity index (χ1) is 14.0. The molecule has 1 heterocycles. The van der Waals surface area contributed by atoms with E-state index < -0.39 is 0 Å². The van der Waals surface area contributed by atoms with Gasteiger partial charge in [0.2, 0.25) is 11.1 Å². The van der Waals surface area contributed by atoms with Gasteiger partial charge in [0, 0.05) is 11.6 Å². The number of nitrogens with one attached hydrogen (secondary N) is 2. The molecule has 8 nitrogen and oxygen atoms in total. The molecule has 0 radical (unpaired) electrons. The van der Waals surface area contributed by atoms with E-state index in [0.717, 1.165) is 11.1 Å². The molecule has 0 fully saturated rings. The molecule has 4 N–H and O–H groups in total. The lowest BCUT2D eigenvalue weighted by atomic mass is 10.1. The van der Waals surface area contributed by atoms with Gasteiger partial charge < -0.3 is 11.2 Å². The number of halogens is 1. The third kappa shape index (κ3) is 6.23. The number of aryl methyl sites for hydroxylation is 1. The molecular formula is C19H20ClN7OS. The lowest BCUT2D eigenvalue weighted by molar-refractivity contribution is -0.118. The Labute approximate surface area is 177 Å². The van der Waals surface area contributed by atoms with Crippen molar-refractivity contribution in [3.63, 3.8) is 0 Å². The number of hydrogen-bond donors (Lipinski definition) is 3. The largest absolute Gasteiger partial charge is 0.351 e. The summed E-state index contributed by atoms with van der Waals surface area (Å²) in [5, 5.41) is 15.9. The van der Waals surface area contributed by atoms with Gasteiger partial charge in [-0.15, -0.1) is 10.2 Å². The number of nitrogens with two attached hydrogens (primary N) is 1. The minimum Gasteiger partial charge on any atom is -0.351 e. The van der Waals surface area contributed by atoms with Crippen molar-refractivity contribution < 1.29 is 4.79 Å². The molecule has 0 aliphatic rings. The third-order valence-electron chi connectivity index (χ3n) is 3.86. The zero-order valence-electron chi connectivity index (χ0n) is 15.7. The summed E-state index contributed by atoms with van der Waals surface area (Å²) in [7, 11) is 0. The number of amides is 1. The van der Waals surface area contributed by atoms with Gasteiger partial charge in [-0.25, -0.2) is 10.1 Å². The molecular weight excluding hydrogens is 410 g/mol. The summed E-state index contributed by atoms with van der Waals surface area (Å²) in [4.78, 5) is 12.0. The van der Waals surface area contributed by atoms with Crippen LogP contribution in [0.25, 0.3) is 0 Å². The van der Waals surface area contributed by atoms with Crippen molar-refractivity contribution in [2.45, 2.75) is 18.6 Å². The van der Waals surface area contributed by atoms with Crippen LogP contribution < -0.4 is 16.6 Å². The Morgan fingerprint density at radius 1 is 1.21 bits per heavy atom.